The lowest BCUT2D eigenvalue weighted by molar-refractivity contribution is 0.0727. The van der Waals surface area contributed by atoms with Gasteiger partial charge in [-0.05, 0) is 23.3 Å². The Morgan fingerprint density at radius 1 is 1.20 bits per heavy atom. The van der Waals surface area contributed by atoms with Crippen molar-refractivity contribution in [3.05, 3.63) is 68.9 Å². The molecule has 0 atom stereocenters. The molecule has 2 aliphatic heterocycles. The summed E-state index contributed by atoms with van der Waals surface area (Å²) in [6.07, 6.45) is 0.794. The van der Waals surface area contributed by atoms with Crippen molar-refractivity contribution in [2.24, 2.45) is 0 Å². The molecule has 0 aliphatic carbocycles. The summed E-state index contributed by atoms with van der Waals surface area (Å²) < 4.78 is 21.3. The first-order valence-corrected chi connectivity index (χ1v) is 10.1. The van der Waals surface area contributed by atoms with Gasteiger partial charge in [0.15, 0.2) is 0 Å². The summed E-state index contributed by atoms with van der Waals surface area (Å²) in [4.78, 5) is 26.9. The van der Waals surface area contributed by atoms with Crippen LogP contribution in [0.25, 0.3) is 10.8 Å². The average Bonchev–Trinajstić information content (AvgIpc) is 3.24. The van der Waals surface area contributed by atoms with Crippen molar-refractivity contribution in [3.8, 4) is 5.75 Å². The molecule has 3 heterocycles. The molecular formula is C22H21FN4O3. The molecule has 3 aromatic rings. The maximum absolute atomic E-state index is 15.7. The number of carbonyl (C=O) groups excluding carboxylic acids is 1. The van der Waals surface area contributed by atoms with Crippen LogP contribution >= 0.6 is 0 Å². The van der Waals surface area contributed by atoms with Crippen LogP contribution in [-0.2, 0) is 12.8 Å². The molecule has 154 valence electrons. The number of nitrogens with zero attached hydrogens (tertiary/aromatic N) is 2. The highest BCUT2D eigenvalue weighted by atomic mass is 19.1. The van der Waals surface area contributed by atoms with E-state index in [0.29, 0.717) is 67.0 Å². The zero-order valence-electron chi connectivity index (χ0n) is 16.3. The quantitative estimate of drug-likeness (QED) is 0.688. The molecule has 30 heavy (non-hydrogen) atoms. The van der Waals surface area contributed by atoms with Gasteiger partial charge < -0.3 is 15.0 Å². The zero-order valence-corrected chi connectivity index (χ0v) is 16.3. The van der Waals surface area contributed by atoms with Gasteiger partial charge in [-0.25, -0.2) is 9.49 Å². The second-order valence-corrected chi connectivity index (χ2v) is 7.58. The van der Waals surface area contributed by atoms with Crippen LogP contribution in [0.15, 0.2) is 35.1 Å². The Hall–Kier alpha value is -3.26. The van der Waals surface area contributed by atoms with Crippen molar-refractivity contribution in [3.63, 3.8) is 0 Å². The number of aromatic amines is 1. The summed E-state index contributed by atoms with van der Waals surface area (Å²) in [7, 11) is 0. The summed E-state index contributed by atoms with van der Waals surface area (Å²) in [5, 5.41) is 11.0. The molecule has 0 bridgehead atoms. The van der Waals surface area contributed by atoms with Crippen molar-refractivity contribution < 1.29 is 13.9 Å². The number of halogens is 1. The summed E-state index contributed by atoms with van der Waals surface area (Å²) in [5.74, 6) is -0.552. The Kier molecular flexibility index (Phi) is 4.71. The molecule has 8 heteroatoms. The first-order chi connectivity index (χ1) is 14.6. The van der Waals surface area contributed by atoms with Gasteiger partial charge in [-0.2, -0.15) is 5.10 Å². The minimum absolute atomic E-state index is 0.00984. The number of hydrogen-bond acceptors (Lipinski definition) is 5. The lowest BCUT2D eigenvalue weighted by atomic mass is 9.97. The van der Waals surface area contributed by atoms with Crippen LogP contribution in [-0.4, -0.2) is 53.8 Å². The Labute approximate surface area is 171 Å². The molecule has 1 aromatic heterocycles. The van der Waals surface area contributed by atoms with Crippen molar-refractivity contribution in [2.45, 2.75) is 12.8 Å². The molecule has 2 aliphatic rings. The molecule has 0 unspecified atom stereocenters. The number of piperazine rings is 1. The van der Waals surface area contributed by atoms with Gasteiger partial charge in [0.05, 0.1) is 17.7 Å². The van der Waals surface area contributed by atoms with E-state index in [0.717, 1.165) is 5.56 Å². The Balaban J connectivity index is 1.60. The topological polar surface area (TPSA) is 87.3 Å². The van der Waals surface area contributed by atoms with Crippen molar-refractivity contribution in [1.29, 1.82) is 0 Å². The lowest BCUT2D eigenvalue weighted by Crippen LogP contribution is -2.46. The average molecular weight is 408 g/mol. The molecule has 1 amide bonds. The van der Waals surface area contributed by atoms with Crippen molar-refractivity contribution in [2.75, 3.05) is 32.8 Å². The van der Waals surface area contributed by atoms with E-state index in [4.69, 9.17) is 4.74 Å². The predicted octanol–water partition coefficient (Wildman–Crippen LogP) is 1.63. The number of amides is 1. The Morgan fingerprint density at radius 3 is 2.77 bits per heavy atom. The number of hydrogen-bond donors (Lipinski definition) is 2. The third-order valence-electron chi connectivity index (χ3n) is 5.74. The molecule has 2 aromatic carbocycles. The first-order valence-electron chi connectivity index (χ1n) is 10.1. The normalized spacial score (nSPS) is 15.8. The summed E-state index contributed by atoms with van der Waals surface area (Å²) in [6.45, 7) is 2.86. The van der Waals surface area contributed by atoms with Crippen LogP contribution in [0.3, 0.4) is 0 Å². The molecule has 1 saturated heterocycles. The van der Waals surface area contributed by atoms with Crippen LogP contribution in [0.1, 0.15) is 27.2 Å². The highest BCUT2D eigenvalue weighted by Gasteiger charge is 2.31. The fraction of sp³-hybridized carbons (Fsp3) is 0.318. The number of ether oxygens (including phenoxy) is 1. The van der Waals surface area contributed by atoms with Gasteiger partial charge >= 0.3 is 0 Å². The largest absolute Gasteiger partial charge is 0.492 e. The number of carbonyl (C=O) groups is 1. The standard InChI is InChI=1S/C22H21FN4O3/c23-19-14(12-17-15-3-1-2-4-16(15)21(28)26-25-17)11-13-5-10-30-20(13)18(19)22(29)27-8-6-24-7-9-27/h1-4,11,24H,5-10,12H2,(H,26,28). The lowest BCUT2D eigenvalue weighted by Gasteiger charge is -2.28. The van der Waals surface area contributed by atoms with Crippen LogP contribution in [0, 0.1) is 5.82 Å². The smallest absolute Gasteiger partial charge is 0.272 e. The molecular weight excluding hydrogens is 387 g/mol. The fourth-order valence-corrected chi connectivity index (χ4v) is 4.21. The highest BCUT2D eigenvalue weighted by Crippen LogP contribution is 2.35. The maximum Gasteiger partial charge on any atom is 0.272 e. The van der Waals surface area contributed by atoms with Crippen LogP contribution < -0.4 is 15.6 Å². The molecule has 0 radical (unpaired) electrons. The van der Waals surface area contributed by atoms with Gasteiger partial charge in [0.2, 0.25) is 0 Å². The minimum atomic E-state index is -0.573. The van der Waals surface area contributed by atoms with Crippen LogP contribution in [0.2, 0.25) is 0 Å². The van der Waals surface area contributed by atoms with E-state index in [1.54, 1.807) is 29.2 Å². The number of H-pyrrole nitrogens is 1. The van der Waals surface area contributed by atoms with E-state index in [-0.39, 0.29) is 23.5 Å². The van der Waals surface area contributed by atoms with Crippen molar-refractivity contribution >= 4 is 16.7 Å². The van der Waals surface area contributed by atoms with Gasteiger partial charge in [0, 0.05) is 44.4 Å². The number of fused-ring (bicyclic) bond motifs is 2. The molecule has 1 fully saturated rings. The van der Waals surface area contributed by atoms with Crippen molar-refractivity contribution in [1.82, 2.24) is 20.4 Å². The Morgan fingerprint density at radius 2 is 1.97 bits per heavy atom. The maximum atomic E-state index is 15.7. The molecule has 0 spiro atoms. The summed E-state index contributed by atoms with van der Waals surface area (Å²) in [5.41, 5.74) is 1.49. The Bertz CT molecular complexity index is 1200. The number of rotatable bonds is 3. The van der Waals surface area contributed by atoms with Gasteiger partial charge in [0.1, 0.15) is 17.1 Å². The van der Waals surface area contributed by atoms with E-state index >= 15 is 4.39 Å². The molecule has 2 N–H and O–H groups in total. The second-order valence-electron chi connectivity index (χ2n) is 7.58. The van der Waals surface area contributed by atoms with E-state index in [1.165, 1.54) is 0 Å². The number of benzene rings is 2. The van der Waals surface area contributed by atoms with Gasteiger partial charge in [-0.15, -0.1) is 0 Å². The molecule has 5 rings (SSSR count). The second kappa shape index (κ2) is 7.53. The first kappa shape index (κ1) is 18.7. The van der Waals surface area contributed by atoms with Crippen LogP contribution in [0.4, 0.5) is 4.39 Å². The van der Waals surface area contributed by atoms with E-state index in [9.17, 15) is 9.59 Å². The summed E-state index contributed by atoms with van der Waals surface area (Å²) in [6, 6.07) is 8.87. The van der Waals surface area contributed by atoms with E-state index in [2.05, 4.69) is 15.5 Å². The SMILES string of the molecule is O=C(c1c(F)c(Cc2n[nH]c(=O)c3ccccc23)cc2c1OCC2)N1CCNCC1. The van der Waals surface area contributed by atoms with Crippen LogP contribution in [0.5, 0.6) is 5.75 Å². The molecule has 7 nitrogen and oxygen atoms in total. The molecule has 0 saturated carbocycles. The third-order valence-corrected chi connectivity index (χ3v) is 5.74. The van der Waals surface area contributed by atoms with E-state index in [1.807, 2.05) is 6.07 Å². The number of aromatic nitrogens is 2. The third kappa shape index (κ3) is 3.13. The predicted molar refractivity (Wildman–Crippen MR) is 110 cm³/mol. The zero-order chi connectivity index (χ0) is 20.7. The van der Waals surface area contributed by atoms with Gasteiger partial charge in [-0.3, -0.25) is 9.59 Å². The summed E-state index contributed by atoms with van der Waals surface area (Å²) >= 11 is 0. The van der Waals surface area contributed by atoms with Gasteiger partial charge in [-0.1, -0.05) is 18.2 Å². The minimum Gasteiger partial charge on any atom is -0.492 e. The number of nitrogens with one attached hydrogen (secondary N) is 2. The highest BCUT2D eigenvalue weighted by molar-refractivity contribution is 5.98. The fourth-order valence-electron chi connectivity index (χ4n) is 4.21. The van der Waals surface area contributed by atoms with E-state index < -0.39 is 5.82 Å². The monoisotopic (exact) mass is 408 g/mol. The van der Waals surface area contributed by atoms with Gasteiger partial charge in [0.25, 0.3) is 11.5 Å².